The molecule has 0 aliphatic rings. The number of unbranched alkanes of at least 4 members (excludes halogenated alkanes) is 23. The fourth-order valence-electron chi connectivity index (χ4n) is 7.24. The van der Waals surface area contributed by atoms with Crippen LogP contribution in [0.3, 0.4) is 0 Å². The third-order valence-corrected chi connectivity index (χ3v) is 11.4. The topological polar surface area (TPSA) is 78.9 Å². The lowest BCUT2D eigenvalue weighted by Gasteiger charge is -2.18. The molecule has 67 heavy (non-hydrogen) atoms. The number of esters is 3. The molecule has 0 heterocycles. The Morgan fingerprint density at radius 1 is 0.328 bits per heavy atom. The minimum Gasteiger partial charge on any atom is -0.462 e. The zero-order valence-corrected chi connectivity index (χ0v) is 43.4. The Kier molecular flexibility index (Phi) is 51.5. The minimum absolute atomic E-state index is 0.119. The number of ether oxygens (including phenoxy) is 3. The lowest BCUT2D eigenvalue weighted by atomic mass is 10.1. The Morgan fingerprint density at radius 3 is 1.13 bits per heavy atom. The molecule has 0 saturated heterocycles. The van der Waals surface area contributed by atoms with Crippen molar-refractivity contribution in [2.75, 3.05) is 13.2 Å². The highest BCUT2D eigenvalue weighted by Gasteiger charge is 2.19. The summed E-state index contributed by atoms with van der Waals surface area (Å²) in [6, 6.07) is 0. The van der Waals surface area contributed by atoms with Crippen LogP contribution in [0.25, 0.3) is 0 Å². The fraction of sp³-hybridized carbons (Fsp3) is 0.656. The minimum atomic E-state index is -0.820. The zero-order valence-electron chi connectivity index (χ0n) is 43.4. The summed E-state index contributed by atoms with van der Waals surface area (Å²) in [6.45, 7) is 6.40. The Morgan fingerprint density at radius 2 is 0.657 bits per heavy atom. The van der Waals surface area contributed by atoms with Crippen LogP contribution >= 0.6 is 0 Å². The van der Waals surface area contributed by atoms with Crippen LogP contribution in [-0.4, -0.2) is 37.2 Å². The van der Waals surface area contributed by atoms with Crippen LogP contribution in [0, 0.1) is 0 Å². The van der Waals surface area contributed by atoms with Gasteiger partial charge in [-0.25, -0.2) is 0 Å². The van der Waals surface area contributed by atoms with Crippen molar-refractivity contribution in [2.45, 2.75) is 245 Å². The number of hydrogen-bond acceptors (Lipinski definition) is 6. The molecule has 0 N–H and O–H groups in total. The van der Waals surface area contributed by atoms with E-state index < -0.39 is 6.10 Å². The molecule has 0 saturated carbocycles. The van der Waals surface area contributed by atoms with Gasteiger partial charge in [0.25, 0.3) is 0 Å². The van der Waals surface area contributed by atoms with Gasteiger partial charge in [0.15, 0.2) is 6.10 Å². The van der Waals surface area contributed by atoms with Crippen LogP contribution in [-0.2, 0) is 28.6 Å². The van der Waals surface area contributed by atoms with E-state index in [-0.39, 0.29) is 37.5 Å². The maximum absolute atomic E-state index is 12.8. The third kappa shape index (κ3) is 52.9. The van der Waals surface area contributed by atoms with E-state index in [1.165, 1.54) is 122 Å². The van der Waals surface area contributed by atoms with Gasteiger partial charge in [0, 0.05) is 19.3 Å². The van der Waals surface area contributed by atoms with Crippen molar-refractivity contribution >= 4 is 17.9 Å². The summed E-state index contributed by atoms with van der Waals surface area (Å²) < 4.78 is 16.8. The summed E-state index contributed by atoms with van der Waals surface area (Å²) in [5, 5.41) is 0. The van der Waals surface area contributed by atoms with Crippen LogP contribution < -0.4 is 0 Å². The summed E-state index contributed by atoms with van der Waals surface area (Å²) in [5.41, 5.74) is 0. The fourth-order valence-corrected chi connectivity index (χ4v) is 7.24. The first-order valence-corrected chi connectivity index (χ1v) is 27.5. The molecule has 0 fully saturated rings. The van der Waals surface area contributed by atoms with Gasteiger partial charge in [0.1, 0.15) is 13.2 Å². The highest BCUT2D eigenvalue weighted by molar-refractivity contribution is 5.71. The van der Waals surface area contributed by atoms with Gasteiger partial charge in [-0.05, 0) is 96.3 Å². The van der Waals surface area contributed by atoms with E-state index in [0.717, 1.165) is 70.6 Å². The molecule has 0 amide bonds. The number of carbonyl (C=O) groups excluding carboxylic acids is 3. The summed E-state index contributed by atoms with van der Waals surface area (Å²) in [4.78, 5) is 38.1. The second-order valence-electron chi connectivity index (χ2n) is 17.9. The van der Waals surface area contributed by atoms with Crippen molar-refractivity contribution in [3.63, 3.8) is 0 Å². The summed E-state index contributed by atoms with van der Waals surface area (Å²) in [6.07, 6.45) is 73.6. The molecule has 0 bridgehead atoms. The molecule has 0 spiro atoms. The number of hydrogen-bond donors (Lipinski definition) is 0. The lowest BCUT2D eigenvalue weighted by molar-refractivity contribution is -0.167. The van der Waals surface area contributed by atoms with Crippen LogP contribution in [0.2, 0.25) is 0 Å². The molecule has 0 aliphatic carbocycles. The van der Waals surface area contributed by atoms with Gasteiger partial charge in [-0.3, -0.25) is 14.4 Å². The highest BCUT2D eigenvalue weighted by Crippen LogP contribution is 2.14. The van der Waals surface area contributed by atoms with Crippen LogP contribution in [0.4, 0.5) is 0 Å². The molecule has 0 aliphatic heterocycles. The Labute approximate surface area is 412 Å². The van der Waals surface area contributed by atoms with Crippen molar-refractivity contribution in [3.05, 3.63) is 109 Å². The molecule has 0 aromatic rings. The molecular weight excluding hydrogens is 829 g/mol. The van der Waals surface area contributed by atoms with E-state index in [2.05, 4.69) is 81.5 Å². The van der Waals surface area contributed by atoms with E-state index in [1.54, 1.807) is 0 Å². The molecule has 6 nitrogen and oxygen atoms in total. The zero-order chi connectivity index (χ0) is 48.6. The number of carbonyl (C=O) groups is 3. The quantitative estimate of drug-likeness (QED) is 0.0199. The van der Waals surface area contributed by atoms with Gasteiger partial charge in [0.05, 0.1) is 0 Å². The van der Waals surface area contributed by atoms with Crippen LogP contribution in [0.1, 0.15) is 239 Å². The molecule has 0 radical (unpaired) electrons. The second-order valence-corrected chi connectivity index (χ2v) is 17.9. The molecule has 1 atom stereocenters. The van der Waals surface area contributed by atoms with Gasteiger partial charge < -0.3 is 14.2 Å². The first-order chi connectivity index (χ1) is 33.0. The SMILES string of the molecule is CC\C=C/C=C\C=C/C=C\C=C/CCCCCC(=O)OCC(COC(=O)CCC/C=C\C/C=C\C/C=C\CCCCCCCC)OC(=O)CCCCCCCCC/C=C\CCCCCCCC. The van der Waals surface area contributed by atoms with Gasteiger partial charge in [-0.2, -0.15) is 0 Å². The largest absolute Gasteiger partial charge is 0.462 e. The van der Waals surface area contributed by atoms with E-state index in [9.17, 15) is 14.4 Å². The molecule has 0 rings (SSSR count). The van der Waals surface area contributed by atoms with Crippen molar-refractivity contribution in [3.8, 4) is 0 Å². The van der Waals surface area contributed by atoms with Crippen molar-refractivity contribution in [1.82, 2.24) is 0 Å². The van der Waals surface area contributed by atoms with E-state index >= 15 is 0 Å². The molecule has 380 valence electrons. The van der Waals surface area contributed by atoms with Crippen LogP contribution in [0.15, 0.2) is 109 Å². The maximum atomic E-state index is 12.8. The smallest absolute Gasteiger partial charge is 0.306 e. The van der Waals surface area contributed by atoms with E-state index in [0.29, 0.717) is 19.3 Å². The summed E-state index contributed by atoms with van der Waals surface area (Å²) >= 11 is 0. The Hall–Kier alpha value is -3.93. The lowest BCUT2D eigenvalue weighted by Crippen LogP contribution is -2.30. The normalized spacial score (nSPS) is 12.9. The van der Waals surface area contributed by atoms with E-state index in [4.69, 9.17) is 14.2 Å². The highest BCUT2D eigenvalue weighted by atomic mass is 16.6. The predicted molar refractivity (Wildman–Crippen MR) is 288 cm³/mol. The first kappa shape index (κ1) is 63.1. The molecule has 6 heteroatoms. The maximum Gasteiger partial charge on any atom is 0.306 e. The first-order valence-electron chi connectivity index (χ1n) is 27.5. The third-order valence-electron chi connectivity index (χ3n) is 11.4. The predicted octanol–water partition coefficient (Wildman–Crippen LogP) is 18.3. The second kappa shape index (κ2) is 54.7. The standard InChI is InChI=1S/C61H100O6/c1-4-7-10-13-16-19-22-25-28-30-33-36-39-42-45-48-51-54-60(63)66-57-58(56-65-59(62)53-50-47-44-41-38-35-32-27-24-21-18-15-12-9-6-3)67-61(64)55-52-49-46-43-40-37-34-31-29-26-23-20-17-14-11-8-5-2/h9,12,15,18,21,24-29,32-33,35-36,38,42,45,58H,4-8,10-11,13-14,16-17,19-20,22-23,30-31,34,37,39-41,43-44,46-57H2,1-3H3/b12-9-,18-15-,24-21-,28-25-,29-26-,32-27-,36-33-,38-35-,45-42-. The average Bonchev–Trinajstić information content (AvgIpc) is 3.33. The Bertz CT molecular complexity index is 1390. The average molecular weight is 929 g/mol. The van der Waals surface area contributed by atoms with Crippen LogP contribution in [0.5, 0.6) is 0 Å². The van der Waals surface area contributed by atoms with E-state index in [1.807, 2.05) is 48.6 Å². The molecule has 0 aromatic heterocycles. The Balaban J connectivity index is 4.55. The molecular formula is C61H100O6. The molecule has 1 unspecified atom stereocenters. The molecule has 0 aromatic carbocycles. The van der Waals surface area contributed by atoms with Crippen molar-refractivity contribution < 1.29 is 28.6 Å². The van der Waals surface area contributed by atoms with Gasteiger partial charge in [-0.1, -0.05) is 233 Å². The monoisotopic (exact) mass is 929 g/mol. The van der Waals surface area contributed by atoms with Gasteiger partial charge >= 0.3 is 17.9 Å². The van der Waals surface area contributed by atoms with Gasteiger partial charge in [-0.15, -0.1) is 0 Å². The van der Waals surface area contributed by atoms with Crippen molar-refractivity contribution in [1.29, 1.82) is 0 Å². The summed E-state index contributed by atoms with van der Waals surface area (Å²) in [7, 11) is 0. The number of allylic oxidation sites excluding steroid dienone is 18. The van der Waals surface area contributed by atoms with Crippen molar-refractivity contribution in [2.24, 2.45) is 0 Å². The van der Waals surface area contributed by atoms with Gasteiger partial charge in [0.2, 0.25) is 0 Å². The summed E-state index contributed by atoms with van der Waals surface area (Å²) in [5.74, 6) is -1.02. The number of rotatable bonds is 48.